The van der Waals surface area contributed by atoms with E-state index < -0.39 is 6.04 Å². The third kappa shape index (κ3) is 3.42. The molecule has 1 atom stereocenters. The molecule has 0 aliphatic heterocycles. The molecule has 6 heteroatoms. The predicted molar refractivity (Wildman–Crippen MR) is 93.7 cm³/mol. The minimum Gasteiger partial charge on any atom is -0.497 e. The minimum atomic E-state index is -0.405. The van der Waals surface area contributed by atoms with E-state index in [9.17, 15) is 4.79 Å². The monoisotopic (exact) mass is 339 g/mol. The van der Waals surface area contributed by atoms with E-state index >= 15 is 0 Å². The van der Waals surface area contributed by atoms with Gasteiger partial charge in [-0.25, -0.2) is 4.98 Å². The van der Waals surface area contributed by atoms with Crippen LogP contribution >= 0.6 is 0 Å². The molecule has 0 spiro atoms. The summed E-state index contributed by atoms with van der Waals surface area (Å²) in [6.07, 6.45) is 3.56. The van der Waals surface area contributed by atoms with Gasteiger partial charge in [-0.3, -0.25) is 4.79 Å². The Bertz CT molecular complexity index is 895. The number of nitrogens with zero attached hydrogens (tertiary/aromatic N) is 2. The molecule has 6 nitrogen and oxygen atoms in total. The third-order valence-electron chi connectivity index (χ3n) is 4.10. The Hall–Kier alpha value is -3.02. The second-order valence-corrected chi connectivity index (χ2v) is 5.91. The van der Waals surface area contributed by atoms with Gasteiger partial charge >= 0.3 is 0 Å². The molecule has 25 heavy (non-hydrogen) atoms. The Labute approximate surface area is 146 Å². The highest BCUT2D eigenvalue weighted by Crippen LogP contribution is 2.25. The molecular weight excluding hydrogens is 318 g/mol. The first-order valence-corrected chi connectivity index (χ1v) is 7.98. The zero-order valence-corrected chi connectivity index (χ0v) is 14.7. The molecule has 0 radical (unpaired) electrons. The number of hydrogen-bond acceptors (Lipinski definition) is 4. The topological polar surface area (TPSA) is 69.3 Å². The lowest BCUT2D eigenvalue weighted by Gasteiger charge is -2.19. The number of aryl methyl sites for hydroxylation is 3. The number of aromatic nitrogens is 2. The van der Waals surface area contributed by atoms with Crippen LogP contribution in [0.5, 0.6) is 5.75 Å². The molecule has 0 saturated carbocycles. The van der Waals surface area contributed by atoms with E-state index in [0.717, 1.165) is 17.1 Å². The summed E-state index contributed by atoms with van der Waals surface area (Å²) in [6, 6.07) is 8.93. The summed E-state index contributed by atoms with van der Waals surface area (Å²) in [6.45, 7) is 3.60. The van der Waals surface area contributed by atoms with Crippen molar-refractivity contribution in [2.24, 2.45) is 7.05 Å². The third-order valence-corrected chi connectivity index (χ3v) is 4.10. The zero-order valence-electron chi connectivity index (χ0n) is 14.7. The lowest BCUT2D eigenvalue weighted by molar-refractivity contribution is 0.0939. The second-order valence-electron chi connectivity index (χ2n) is 5.91. The van der Waals surface area contributed by atoms with Crippen molar-refractivity contribution in [1.29, 1.82) is 0 Å². The quantitative estimate of drug-likeness (QED) is 0.775. The lowest BCUT2D eigenvalue weighted by atomic mass is 10.0. The van der Waals surface area contributed by atoms with Crippen LogP contribution in [-0.2, 0) is 7.05 Å². The fourth-order valence-corrected chi connectivity index (χ4v) is 2.84. The second kappa shape index (κ2) is 6.84. The molecule has 3 aromatic rings. The van der Waals surface area contributed by atoms with Crippen molar-refractivity contribution in [3.63, 3.8) is 0 Å². The van der Waals surface area contributed by atoms with E-state index in [1.54, 1.807) is 26.3 Å². The van der Waals surface area contributed by atoms with Gasteiger partial charge in [-0.2, -0.15) is 0 Å². The summed E-state index contributed by atoms with van der Waals surface area (Å²) in [5.74, 6) is 2.56. The number of imidazole rings is 1. The number of rotatable bonds is 5. The van der Waals surface area contributed by atoms with Crippen LogP contribution in [0, 0.1) is 13.8 Å². The van der Waals surface area contributed by atoms with Gasteiger partial charge in [0, 0.05) is 19.4 Å². The molecule has 0 bridgehead atoms. The maximum Gasteiger partial charge on any atom is 0.255 e. The molecule has 130 valence electrons. The molecule has 2 heterocycles. The van der Waals surface area contributed by atoms with Crippen molar-refractivity contribution in [1.82, 2.24) is 14.9 Å². The predicted octanol–water partition coefficient (Wildman–Crippen LogP) is 3.16. The molecule has 0 aliphatic carbocycles. The van der Waals surface area contributed by atoms with Crippen LogP contribution in [0.25, 0.3) is 0 Å². The summed E-state index contributed by atoms with van der Waals surface area (Å²) < 4.78 is 12.7. The highest BCUT2D eigenvalue weighted by atomic mass is 16.5. The zero-order chi connectivity index (χ0) is 18.0. The van der Waals surface area contributed by atoms with Gasteiger partial charge in [-0.1, -0.05) is 12.1 Å². The van der Waals surface area contributed by atoms with Crippen molar-refractivity contribution in [2.75, 3.05) is 7.11 Å². The van der Waals surface area contributed by atoms with E-state index in [0.29, 0.717) is 17.1 Å². The van der Waals surface area contributed by atoms with Crippen LogP contribution in [0.4, 0.5) is 0 Å². The number of carbonyl (C=O) groups excluding carboxylic acids is 1. The standard InChI is InChI=1S/C19H21N3O3/c1-12-10-16(13(2)25-12)19(23)21-17(18-20-8-9-22(18)3)14-6-5-7-15(11-14)24-4/h5-11,17H,1-4H3,(H,21,23). The molecule has 0 saturated heterocycles. The maximum atomic E-state index is 12.8. The van der Waals surface area contributed by atoms with Crippen molar-refractivity contribution < 1.29 is 13.9 Å². The van der Waals surface area contributed by atoms with Crippen molar-refractivity contribution >= 4 is 5.91 Å². The number of benzene rings is 1. The summed E-state index contributed by atoms with van der Waals surface area (Å²) in [7, 11) is 3.51. The van der Waals surface area contributed by atoms with Crippen molar-refractivity contribution in [2.45, 2.75) is 19.9 Å². The van der Waals surface area contributed by atoms with Gasteiger partial charge in [0.2, 0.25) is 0 Å². The van der Waals surface area contributed by atoms with Crippen LogP contribution in [0.3, 0.4) is 0 Å². The van der Waals surface area contributed by atoms with E-state index in [2.05, 4.69) is 10.3 Å². The average molecular weight is 339 g/mol. The number of furan rings is 1. The van der Waals surface area contributed by atoms with Gasteiger partial charge < -0.3 is 19.0 Å². The van der Waals surface area contributed by atoms with E-state index in [1.807, 2.05) is 49.0 Å². The Morgan fingerprint density at radius 3 is 2.72 bits per heavy atom. The first kappa shape index (κ1) is 16.8. The fourth-order valence-electron chi connectivity index (χ4n) is 2.84. The fraction of sp³-hybridized carbons (Fsp3) is 0.263. The molecular formula is C19H21N3O3. The molecule has 0 aliphatic rings. The van der Waals surface area contributed by atoms with Crippen molar-refractivity contribution in [3.05, 3.63) is 71.2 Å². The number of ether oxygens (including phenoxy) is 1. The Morgan fingerprint density at radius 1 is 1.32 bits per heavy atom. The van der Waals surface area contributed by atoms with Gasteiger partial charge in [0.05, 0.1) is 12.7 Å². The maximum absolute atomic E-state index is 12.8. The van der Waals surface area contributed by atoms with Crippen LogP contribution in [0.15, 0.2) is 47.1 Å². The number of hydrogen-bond donors (Lipinski definition) is 1. The highest BCUT2D eigenvalue weighted by molar-refractivity contribution is 5.95. The molecule has 2 aromatic heterocycles. The van der Waals surface area contributed by atoms with Crippen LogP contribution in [0.2, 0.25) is 0 Å². The minimum absolute atomic E-state index is 0.204. The van der Waals surface area contributed by atoms with Crippen LogP contribution in [0.1, 0.15) is 39.3 Å². The first-order valence-electron chi connectivity index (χ1n) is 7.98. The molecule has 1 N–H and O–H groups in total. The lowest BCUT2D eigenvalue weighted by Crippen LogP contribution is -2.31. The van der Waals surface area contributed by atoms with Crippen LogP contribution < -0.4 is 10.1 Å². The number of methoxy groups -OCH3 is 1. The normalized spacial score (nSPS) is 12.0. The largest absolute Gasteiger partial charge is 0.497 e. The molecule has 1 unspecified atom stereocenters. The summed E-state index contributed by atoms with van der Waals surface area (Å²) in [5, 5.41) is 3.06. The van der Waals surface area contributed by atoms with Crippen LogP contribution in [-0.4, -0.2) is 22.6 Å². The van der Waals surface area contributed by atoms with Gasteiger partial charge in [-0.15, -0.1) is 0 Å². The Morgan fingerprint density at radius 2 is 2.12 bits per heavy atom. The Kier molecular flexibility index (Phi) is 4.61. The number of carbonyl (C=O) groups is 1. The summed E-state index contributed by atoms with van der Waals surface area (Å²) in [4.78, 5) is 17.2. The molecule has 0 fully saturated rings. The Balaban J connectivity index is 1.98. The van der Waals surface area contributed by atoms with E-state index in [1.165, 1.54) is 0 Å². The highest BCUT2D eigenvalue weighted by Gasteiger charge is 2.23. The molecule has 1 aromatic carbocycles. The summed E-state index contributed by atoms with van der Waals surface area (Å²) in [5.41, 5.74) is 1.42. The van der Waals surface area contributed by atoms with E-state index in [4.69, 9.17) is 9.15 Å². The van der Waals surface area contributed by atoms with Gasteiger partial charge in [0.1, 0.15) is 29.1 Å². The van der Waals surface area contributed by atoms with Gasteiger partial charge in [0.15, 0.2) is 0 Å². The SMILES string of the molecule is COc1cccc(C(NC(=O)c2cc(C)oc2C)c2nccn2C)c1. The summed E-state index contributed by atoms with van der Waals surface area (Å²) >= 11 is 0. The van der Waals surface area contributed by atoms with Gasteiger partial charge in [-0.05, 0) is 37.6 Å². The first-order chi connectivity index (χ1) is 12.0. The van der Waals surface area contributed by atoms with Crippen molar-refractivity contribution in [3.8, 4) is 5.75 Å². The average Bonchev–Trinajstić information content (AvgIpc) is 3.17. The van der Waals surface area contributed by atoms with Gasteiger partial charge in [0.25, 0.3) is 5.91 Å². The number of amides is 1. The molecule has 1 amide bonds. The number of nitrogens with one attached hydrogen (secondary N) is 1. The van der Waals surface area contributed by atoms with E-state index in [-0.39, 0.29) is 5.91 Å². The molecule has 3 rings (SSSR count). The smallest absolute Gasteiger partial charge is 0.255 e.